The monoisotopic (exact) mass is 264 g/mol. The molecular weight excluding hydrogens is 236 g/mol. The van der Waals surface area contributed by atoms with Crippen molar-refractivity contribution in [1.29, 1.82) is 0 Å². The number of rotatable bonds is 4. The Morgan fingerprint density at radius 3 is 2.79 bits per heavy atom. The third-order valence-electron chi connectivity index (χ3n) is 4.84. The van der Waals surface area contributed by atoms with Crippen LogP contribution >= 0.6 is 0 Å². The summed E-state index contributed by atoms with van der Waals surface area (Å²) >= 11 is 0. The van der Waals surface area contributed by atoms with Crippen LogP contribution in [0.2, 0.25) is 0 Å². The molecule has 3 unspecified atom stereocenters. The van der Waals surface area contributed by atoms with Crippen LogP contribution in [-0.2, 0) is 13.0 Å². The Morgan fingerprint density at radius 2 is 2.16 bits per heavy atom. The smallest absolute Gasteiger partial charge is 0.109 e. The van der Waals surface area contributed by atoms with Gasteiger partial charge in [-0.3, -0.25) is 0 Å². The highest BCUT2D eigenvalue weighted by atomic mass is 16.3. The number of aliphatic hydroxyl groups is 1. The van der Waals surface area contributed by atoms with Gasteiger partial charge in [0.1, 0.15) is 5.82 Å². The summed E-state index contributed by atoms with van der Waals surface area (Å²) in [6.45, 7) is 9.93. The van der Waals surface area contributed by atoms with E-state index in [-0.39, 0.29) is 11.5 Å². The first-order valence-corrected chi connectivity index (χ1v) is 7.62. The Hall–Kier alpha value is -0.830. The molecule has 1 fully saturated rings. The molecule has 1 saturated carbocycles. The normalized spacial score (nSPS) is 28.6. The molecule has 1 aliphatic rings. The van der Waals surface area contributed by atoms with Crippen molar-refractivity contribution in [3.63, 3.8) is 0 Å². The zero-order valence-electron chi connectivity index (χ0n) is 12.8. The molecule has 0 amide bonds. The summed E-state index contributed by atoms with van der Waals surface area (Å²) in [7, 11) is 0. The summed E-state index contributed by atoms with van der Waals surface area (Å²) < 4.78 is 2.21. The third-order valence-corrected chi connectivity index (χ3v) is 4.84. The van der Waals surface area contributed by atoms with E-state index >= 15 is 0 Å². The van der Waals surface area contributed by atoms with Crippen molar-refractivity contribution in [3.05, 3.63) is 18.2 Å². The zero-order valence-corrected chi connectivity index (χ0v) is 12.8. The van der Waals surface area contributed by atoms with E-state index in [4.69, 9.17) is 0 Å². The predicted molar refractivity (Wildman–Crippen MR) is 77.9 cm³/mol. The first kappa shape index (κ1) is 14.6. The van der Waals surface area contributed by atoms with Crippen LogP contribution in [0.4, 0.5) is 0 Å². The van der Waals surface area contributed by atoms with Crippen molar-refractivity contribution >= 4 is 0 Å². The van der Waals surface area contributed by atoms with Gasteiger partial charge in [0.2, 0.25) is 0 Å². The van der Waals surface area contributed by atoms with Gasteiger partial charge in [-0.25, -0.2) is 4.98 Å². The summed E-state index contributed by atoms with van der Waals surface area (Å²) in [6, 6.07) is 0. The molecule has 2 rings (SSSR count). The van der Waals surface area contributed by atoms with Gasteiger partial charge in [-0.1, -0.05) is 27.2 Å². The Labute approximate surface area is 117 Å². The van der Waals surface area contributed by atoms with Crippen molar-refractivity contribution in [2.24, 2.45) is 17.3 Å². The van der Waals surface area contributed by atoms with E-state index in [2.05, 4.69) is 37.2 Å². The first-order valence-electron chi connectivity index (χ1n) is 7.62. The fourth-order valence-electron chi connectivity index (χ4n) is 3.60. The highest BCUT2D eigenvalue weighted by Crippen LogP contribution is 2.42. The average molecular weight is 264 g/mol. The largest absolute Gasteiger partial charge is 0.393 e. The quantitative estimate of drug-likeness (QED) is 0.906. The summed E-state index contributed by atoms with van der Waals surface area (Å²) in [5.41, 5.74) is 0.109. The maximum atomic E-state index is 10.4. The topological polar surface area (TPSA) is 38.0 Å². The first-order chi connectivity index (χ1) is 8.94. The van der Waals surface area contributed by atoms with Crippen LogP contribution in [0.15, 0.2) is 12.4 Å². The van der Waals surface area contributed by atoms with Crippen molar-refractivity contribution in [3.8, 4) is 0 Å². The number of hydrogen-bond donors (Lipinski definition) is 1. The van der Waals surface area contributed by atoms with Crippen molar-refractivity contribution < 1.29 is 5.11 Å². The maximum absolute atomic E-state index is 10.4. The van der Waals surface area contributed by atoms with Gasteiger partial charge in [-0.05, 0) is 37.0 Å². The van der Waals surface area contributed by atoms with Crippen molar-refractivity contribution in [2.75, 3.05) is 0 Å². The number of aryl methyl sites for hydroxylation is 1. The van der Waals surface area contributed by atoms with E-state index in [0.717, 1.165) is 31.6 Å². The summed E-state index contributed by atoms with van der Waals surface area (Å²) in [6.07, 6.45) is 8.07. The Balaban J connectivity index is 2.09. The van der Waals surface area contributed by atoms with Crippen LogP contribution in [-0.4, -0.2) is 20.8 Å². The van der Waals surface area contributed by atoms with E-state index in [9.17, 15) is 5.11 Å². The predicted octanol–water partition coefficient (Wildman–Crippen LogP) is 3.27. The fraction of sp³-hybridized carbons (Fsp3) is 0.812. The minimum atomic E-state index is -0.149. The lowest BCUT2D eigenvalue weighted by molar-refractivity contribution is -0.0134. The minimum Gasteiger partial charge on any atom is -0.393 e. The van der Waals surface area contributed by atoms with Gasteiger partial charge in [0.05, 0.1) is 6.10 Å². The lowest BCUT2D eigenvalue weighted by Gasteiger charge is -2.42. The van der Waals surface area contributed by atoms with Crippen LogP contribution in [0.3, 0.4) is 0 Å². The number of aromatic nitrogens is 2. The third kappa shape index (κ3) is 3.19. The maximum Gasteiger partial charge on any atom is 0.109 e. The molecule has 3 atom stereocenters. The van der Waals surface area contributed by atoms with Gasteiger partial charge >= 0.3 is 0 Å². The van der Waals surface area contributed by atoms with Gasteiger partial charge in [-0.2, -0.15) is 0 Å². The summed E-state index contributed by atoms with van der Waals surface area (Å²) in [5.74, 6) is 2.21. The molecule has 0 spiro atoms. The van der Waals surface area contributed by atoms with Crippen molar-refractivity contribution in [2.45, 2.75) is 66.0 Å². The molecule has 3 heteroatoms. The highest BCUT2D eigenvalue weighted by molar-refractivity contribution is 4.99. The Morgan fingerprint density at radius 1 is 1.42 bits per heavy atom. The molecule has 0 aliphatic heterocycles. The van der Waals surface area contributed by atoms with Gasteiger partial charge < -0.3 is 9.67 Å². The molecule has 0 radical (unpaired) electrons. The van der Waals surface area contributed by atoms with Crippen LogP contribution < -0.4 is 0 Å². The molecule has 1 aromatic heterocycles. The van der Waals surface area contributed by atoms with E-state index in [1.54, 1.807) is 0 Å². The summed E-state index contributed by atoms with van der Waals surface area (Å²) in [4.78, 5) is 4.49. The van der Waals surface area contributed by atoms with Gasteiger partial charge in [0.25, 0.3) is 0 Å². The lowest BCUT2D eigenvalue weighted by atomic mass is 9.66. The molecule has 1 aliphatic carbocycles. The van der Waals surface area contributed by atoms with Crippen LogP contribution in [0.5, 0.6) is 0 Å². The van der Waals surface area contributed by atoms with Crippen LogP contribution in [0.1, 0.15) is 52.8 Å². The molecule has 3 nitrogen and oxygen atoms in total. The fourth-order valence-corrected chi connectivity index (χ4v) is 3.60. The molecule has 108 valence electrons. The SMILES string of the molecule is CCn1ccnc1CC(C)(C)C1CCC(C)CC1O. The van der Waals surface area contributed by atoms with Gasteiger partial charge in [-0.15, -0.1) is 0 Å². The van der Waals surface area contributed by atoms with Gasteiger partial charge in [0.15, 0.2) is 0 Å². The molecule has 0 bridgehead atoms. The standard InChI is InChI=1S/C16H28N2O/c1-5-18-9-8-17-15(18)11-16(3,4)13-7-6-12(2)10-14(13)19/h8-9,12-14,19H,5-7,10-11H2,1-4H3. The molecule has 0 saturated heterocycles. The van der Waals surface area contributed by atoms with Crippen LogP contribution in [0, 0.1) is 17.3 Å². The second-order valence-corrected chi connectivity index (χ2v) is 6.89. The lowest BCUT2D eigenvalue weighted by Crippen LogP contribution is -2.40. The van der Waals surface area contributed by atoms with E-state index in [1.807, 2.05) is 12.4 Å². The Kier molecular flexibility index (Phi) is 4.34. The number of aliphatic hydroxyl groups excluding tert-OH is 1. The van der Waals surface area contributed by atoms with Gasteiger partial charge in [0, 0.05) is 25.4 Å². The van der Waals surface area contributed by atoms with E-state index < -0.39 is 0 Å². The zero-order chi connectivity index (χ0) is 14.0. The molecule has 19 heavy (non-hydrogen) atoms. The van der Waals surface area contributed by atoms with E-state index in [1.165, 1.54) is 6.42 Å². The number of nitrogens with zero attached hydrogens (tertiary/aromatic N) is 2. The number of hydrogen-bond acceptors (Lipinski definition) is 2. The van der Waals surface area contributed by atoms with E-state index in [0.29, 0.717) is 11.8 Å². The minimum absolute atomic E-state index is 0.109. The molecule has 1 heterocycles. The number of imidazole rings is 1. The molecule has 0 aromatic carbocycles. The highest BCUT2D eigenvalue weighted by Gasteiger charge is 2.38. The molecule has 1 aromatic rings. The van der Waals surface area contributed by atoms with Crippen molar-refractivity contribution in [1.82, 2.24) is 9.55 Å². The Bertz CT molecular complexity index is 411. The summed E-state index contributed by atoms with van der Waals surface area (Å²) in [5, 5.41) is 10.4. The molecular formula is C16H28N2O. The second kappa shape index (κ2) is 5.66. The average Bonchev–Trinajstić information content (AvgIpc) is 2.74. The van der Waals surface area contributed by atoms with Crippen LogP contribution in [0.25, 0.3) is 0 Å². The molecule has 1 N–H and O–H groups in total. The second-order valence-electron chi connectivity index (χ2n) is 6.89.